The quantitative estimate of drug-likeness (QED) is 0.180. The monoisotopic (exact) mass is 673 g/mol. The van der Waals surface area contributed by atoms with Gasteiger partial charge in [0.2, 0.25) is 5.88 Å². The van der Waals surface area contributed by atoms with Gasteiger partial charge in [0.15, 0.2) is 0 Å². The molecule has 0 bridgehead atoms. The topological polar surface area (TPSA) is 126 Å². The zero-order valence-corrected chi connectivity index (χ0v) is 27.9. The number of phenols is 1. The van der Waals surface area contributed by atoms with Crippen molar-refractivity contribution in [3.05, 3.63) is 87.8 Å². The molecule has 0 radical (unpaired) electrons. The fourth-order valence-corrected chi connectivity index (χ4v) is 6.89. The van der Waals surface area contributed by atoms with Crippen LogP contribution in [0.2, 0.25) is 0 Å². The second-order valence-corrected chi connectivity index (χ2v) is 13.6. The number of ether oxygens (including phenoxy) is 2. The lowest BCUT2D eigenvalue weighted by molar-refractivity contribution is 0.0342. The number of halogens is 1. The highest BCUT2D eigenvalue weighted by molar-refractivity contribution is 7.13. The van der Waals surface area contributed by atoms with Gasteiger partial charge in [-0.2, -0.15) is 0 Å². The van der Waals surface area contributed by atoms with Crippen LogP contribution in [0.5, 0.6) is 17.4 Å². The number of carbonyl (C=O) groups is 2. The Labute approximate surface area is 283 Å². The van der Waals surface area contributed by atoms with E-state index in [-0.39, 0.29) is 41.1 Å². The van der Waals surface area contributed by atoms with E-state index in [1.807, 2.05) is 38.1 Å². The molecule has 4 aromatic rings. The summed E-state index contributed by atoms with van der Waals surface area (Å²) >= 11 is 1.41. The molecule has 3 N–H and O–H groups in total. The summed E-state index contributed by atoms with van der Waals surface area (Å²) < 4.78 is 25.9. The average molecular weight is 674 g/mol. The largest absolute Gasteiger partial charge is 0.508 e. The lowest BCUT2D eigenvalue weighted by atomic mass is 9.91. The number of nitrogens with one attached hydrogen (secondary N) is 2. The molecular weight excluding hydrogens is 633 g/mol. The second-order valence-electron chi connectivity index (χ2n) is 12.6. The highest BCUT2D eigenvalue weighted by Gasteiger charge is 2.27. The molecule has 1 saturated heterocycles. The Hall–Kier alpha value is -4.39. The van der Waals surface area contributed by atoms with E-state index in [4.69, 9.17) is 9.47 Å². The molecule has 252 valence electrons. The van der Waals surface area contributed by atoms with Crippen LogP contribution in [0.25, 0.3) is 11.1 Å². The van der Waals surface area contributed by atoms with Crippen molar-refractivity contribution in [1.29, 1.82) is 0 Å². The van der Waals surface area contributed by atoms with Crippen molar-refractivity contribution in [3.63, 3.8) is 0 Å². The Morgan fingerprint density at radius 3 is 2.44 bits per heavy atom. The Balaban J connectivity index is 1.10. The van der Waals surface area contributed by atoms with Crippen LogP contribution in [0.1, 0.15) is 76.0 Å². The SMILES string of the molecule is CC(C)c1ncc(C(=O)N[C@H]2CC[C@@H](NC(=O)c3cc(F)cnc3Oc3cccc(-c4ccc(O)cc4CN4CCOCC4)c3)CC2)s1. The molecule has 10 nitrogen and oxygen atoms in total. The van der Waals surface area contributed by atoms with Gasteiger partial charge >= 0.3 is 0 Å². The molecule has 2 aromatic heterocycles. The van der Waals surface area contributed by atoms with Gasteiger partial charge in [-0.05, 0) is 72.7 Å². The van der Waals surface area contributed by atoms with Crippen LogP contribution in [0, 0.1) is 5.82 Å². The van der Waals surface area contributed by atoms with Crippen molar-refractivity contribution in [3.8, 4) is 28.5 Å². The van der Waals surface area contributed by atoms with E-state index in [1.165, 1.54) is 11.3 Å². The number of aromatic nitrogens is 2. The van der Waals surface area contributed by atoms with E-state index in [0.29, 0.717) is 56.1 Å². The molecule has 2 amide bonds. The number of aromatic hydroxyl groups is 1. The smallest absolute Gasteiger partial charge is 0.263 e. The standard InChI is InChI=1S/C36H40FN5O5S/c1-22(2)36-39-20-32(48-36)34(45)41-27-8-6-26(7-9-27)40-33(44)31-18-25(37)19-38-35(31)47-29-5-3-4-23(17-29)30-11-10-28(43)16-24(30)21-42-12-14-46-15-13-42/h3-5,10-11,16-20,22,26-27,43H,6-9,12-15,21H2,1-2H3,(H,40,44)(H,41,45)/t26-,27+. The Bertz CT molecular complexity index is 1750. The molecular formula is C36H40FN5O5S. The molecule has 0 spiro atoms. The highest BCUT2D eigenvalue weighted by Crippen LogP contribution is 2.33. The van der Waals surface area contributed by atoms with Crippen molar-refractivity contribution in [2.75, 3.05) is 26.3 Å². The number of rotatable bonds is 10. The zero-order chi connectivity index (χ0) is 33.6. The summed E-state index contributed by atoms with van der Waals surface area (Å²) in [6, 6.07) is 13.7. The average Bonchev–Trinajstić information content (AvgIpc) is 3.59. The van der Waals surface area contributed by atoms with Crippen molar-refractivity contribution in [1.82, 2.24) is 25.5 Å². The summed E-state index contributed by atoms with van der Waals surface area (Å²) in [5, 5.41) is 17.3. The number of amides is 2. The van der Waals surface area contributed by atoms with Crippen LogP contribution in [0.15, 0.2) is 60.9 Å². The number of phenolic OH excluding ortho intramolecular Hbond substituents is 1. The van der Waals surface area contributed by atoms with Gasteiger partial charge in [-0.1, -0.05) is 32.0 Å². The molecule has 2 aliphatic rings. The van der Waals surface area contributed by atoms with Crippen molar-refractivity contribution in [2.24, 2.45) is 0 Å². The van der Waals surface area contributed by atoms with Gasteiger partial charge in [-0.3, -0.25) is 14.5 Å². The lowest BCUT2D eigenvalue weighted by Crippen LogP contribution is -2.43. The van der Waals surface area contributed by atoms with Gasteiger partial charge in [0.05, 0.1) is 30.6 Å². The molecule has 1 aliphatic carbocycles. The van der Waals surface area contributed by atoms with Crippen molar-refractivity contribution < 1.29 is 28.6 Å². The molecule has 1 saturated carbocycles. The van der Waals surface area contributed by atoms with E-state index in [0.717, 1.165) is 47.1 Å². The first-order chi connectivity index (χ1) is 23.2. The predicted molar refractivity (Wildman–Crippen MR) is 181 cm³/mol. The predicted octanol–water partition coefficient (Wildman–Crippen LogP) is 6.27. The highest BCUT2D eigenvalue weighted by atomic mass is 32.1. The van der Waals surface area contributed by atoms with Crippen molar-refractivity contribution >= 4 is 23.2 Å². The van der Waals surface area contributed by atoms with Crippen LogP contribution in [0.4, 0.5) is 4.39 Å². The number of hydrogen-bond acceptors (Lipinski definition) is 9. The van der Waals surface area contributed by atoms with Crippen LogP contribution >= 0.6 is 11.3 Å². The van der Waals surface area contributed by atoms with E-state index in [2.05, 4.69) is 25.5 Å². The van der Waals surface area contributed by atoms with Gasteiger partial charge in [-0.15, -0.1) is 11.3 Å². The van der Waals surface area contributed by atoms with Crippen LogP contribution in [-0.2, 0) is 11.3 Å². The summed E-state index contributed by atoms with van der Waals surface area (Å²) in [5.74, 6) is -0.354. The molecule has 3 heterocycles. The maximum atomic E-state index is 14.4. The van der Waals surface area contributed by atoms with E-state index in [9.17, 15) is 19.1 Å². The fraction of sp³-hybridized carbons (Fsp3) is 0.389. The number of thiazole rings is 1. The van der Waals surface area contributed by atoms with Crippen LogP contribution < -0.4 is 15.4 Å². The fourth-order valence-electron chi connectivity index (χ4n) is 6.06. The number of benzene rings is 2. The number of carbonyl (C=O) groups excluding carboxylic acids is 2. The first-order valence-electron chi connectivity index (χ1n) is 16.3. The second kappa shape index (κ2) is 15.2. The summed E-state index contributed by atoms with van der Waals surface area (Å²) in [4.78, 5) is 37.5. The maximum Gasteiger partial charge on any atom is 0.263 e. The van der Waals surface area contributed by atoms with E-state index >= 15 is 0 Å². The third-order valence-corrected chi connectivity index (χ3v) is 9.94. The van der Waals surface area contributed by atoms with Gasteiger partial charge in [0.25, 0.3) is 11.8 Å². The van der Waals surface area contributed by atoms with E-state index in [1.54, 1.807) is 24.4 Å². The number of pyridine rings is 1. The van der Waals surface area contributed by atoms with Gasteiger partial charge in [-0.25, -0.2) is 14.4 Å². The molecule has 2 aromatic carbocycles. The summed E-state index contributed by atoms with van der Waals surface area (Å²) in [6.07, 6.45) is 5.39. The molecule has 48 heavy (non-hydrogen) atoms. The minimum absolute atomic E-state index is 0.000209. The third kappa shape index (κ3) is 8.36. The molecule has 0 unspecified atom stereocenters. The van der Waals surface area contributed by atoms with Gasteiger partial charge in [0, 0.05) is 37.6 Å². The number of nitrogens with zero attached hydrogens (tertiary/aromatic N) is 3. The summed E-state index contributed by atoms with van der Waals surface area (Å²) in [5.41, 5.74) is 2.77. The third-order valence-electron chi connectivity index (χ3n) is 8.65. The molecule has 6 rings (SSSR count). The number of morpholine rings is 1. The normalized spacial score (nSPS) is 18.4. The molecule has 2 fully saturated rings. The van der Waals surface area contributed by atoms with E-state index < -0.39 is 11.7 Å². The van der Waals surface area contributed by atoms with Crippen LogP contribution in [0.3, 0.4) is 0 Å². The summed E-state index contributed by atoms with van der Waals surface area (Å²) in [7, 11) is 0. The minimum atomic E-state index is -0.645. The molecule has 1 aliphatic heterocycles. The van der Waals surface area contributed by atoms with Crippen molar-refractivity contribution in [2.45, 2.75) is 64.1 Å². The Kier molecular flexibility index (Phi) is 10.6. The Morgan fingerprint density at radius 2 is 1.73 bits per heavy atom. The van der Waals surface area contributed by atoms with Gasteiger partial charge < -0.3 is 25.2 Å². The zero-order valence-electron chi connectivity index (χ0n) is 27.1. The van der Waals surface area contributed by atoms with Crippen LogP contribution in [-0.4, -0.2) is 70.2 Å². The summed E-state index contributed by atoms with van der Waals surface area (Å²) in [6.45, 7) is 7.71. The molecule has 12 heteroatoms. The molecule has 0 atom stereocenters. The Morgan fingerprint density at radius 1 is 1.00 bits per heavy atom. The number of hydrogen-bond donors (Lipinski definition) is 3. The first-order valence-corrected chi connectivity index (χ1v) is 17.2. The van der Waals surface area contributed by atoms with Gasteiger partial charge in [0.1, 0.15) is 27.8 Å². The maximum absolute atomic E-state index is 14.4. The lowest BCUT2D eigenvalue weighted by Gasteiger charge is -2.29. The first kappa shape index (κ1) is 33.5. The minimum Gasteiger partial charge on any atom is -0.508 e.